The fourth-order valence-electron chi connectivity index (χ4n) is 8.29. The lowest BCUT2D eigenvalue weighted by atomic mass is 10.0. The lowest BCUT2D eigenvalue weighted by molar-refractivity contribution is -0.150. The van der Waals surface area contributed by atoms with Crippen LogP contribution in [0, 0.1) is 0 Å². The Bertz CT molecular complexity index is 1640. The summed E-state index contributed by atoms with van der Waals surface area (Å²) in [5.41, 5.74) is 3.04. The van der Waals surface area contributed by atoms with Gasteiger partial charge in [-0.05, 0) is 34.7 Å². The summed E-state index contributed by atoms with van der Waals surface area (Å²) < 4.78 is 20.2. The molecule has 4 aromatic rings. The summed E-state index contributed by atoms with van der Waals surface area (Å²) in [4.78, 5) is 18.6. The molecular weight excluding hydrogens is 755 g/mol. The molecule has 4 aromatic carbocycles. The largest absolute Gasteiger partial charge is 0.462 e. The van der Waals surface area contributed by atoms with Crippen molar-refractivity contribution < 1.29 is 18.7 Å². The molecule has 0 saturated carbocycles. The molecule has 2 atom stereocenters. The summed E-state index contributed by atoms with van der Waals surface area (Å²) in [5.74, 6) is -0.0620. The Morgan fingerprint density at radius 2 is 1.02 bits per heavy atom. The van der Waals surface area contributed by atoms with Gasteiger partial charge in [0, 0.05) is 24.0 Å². The molecule has 0 N–H and O–H groups in total. The van der Waals surface area contributed by atoms with Gasteiger partial charge in [-0.2, -0.15) is 0 Å². The number of nitrogens with zero attached hydrogens (tertiary/aromatic N) is 1. The molecule has 5 nitrogen and oxygen atoms in total. The summed E-state index contributed by atoms with van der Waals surface area (Å²) in [5, 5.41) is 2.31. The van der Waals surface area contributed by atoms with Crippen molar-refractivity contribution in [2.75, 3.05) is 19.8 Å². The number of carbonyl (C=O) groups excluding carboxylic acids is 1. The first-order valence-electron chi connectivity index (χ1n) is 23.5. The monoisotopic (exact) mass is 832 g/mol. The van der Waals surface area contributed by atoms with Crippen LogP contribution in [-0.2, 0) is 18.7 Å². The maximum absolute atomic E-state index is 13.1. The van der Waals surface area contributed by atoms with E-state index in [-0.39, 0.29) is 23.2 Å². The van der Waals surface area contributed by atoms with Crippen molar-refractivity contribution >= 4 is 30.4 Å². The number of hydrogen-bond acceptors (Lipinski definition) is 5. The molecule has 326 valence electrons. The van der Waals surface area contributed by atoms with Crippen LogP contribution in [0.15, 0.2) is 126 Å². The maximum Gasteiger partial charge on any atom is 0.306 e. The first-order chi connectivity index (χ1) is 29.3. The normalized spacial score (nSPS) is 12.8. The molecular formula is C54H77NO4Si. The van der Waals surface area contributed by atoms with Crippen molar-refractivity contribution in [1.29, 1.82) is 0 Å². The van der Waals surface area contributed by atoms with Crippen molar-refractivity contribution in [2.24, 2.45) is 4.99 Å². The van der Waals surface area contributed by atoms with E-state index in [2.05, 4.69) is 144 Å². The van der Waals surface area contributed by atoms with Crippen LogP contribution >= 0.6 is 0 Å². The van der Waals surface area contributed by atoms with Crippen LogP contribution in [0.5, 0.6) is 0 Å². The summed E-state index contributed by atoms with van der Waals surface area (Å²) in [6.45, 7) is 12.7. The van der Waals surface area contributed by atoms with Crippen LogP contribution in [0.3, 0.4) is 0 Å². The van der Waals surface area contributed by atoms with Gasteiger partial charge in [-0.15, -0.1) is 0 Å². The fraction of sp³-hybridized carbons (Fsp3) is 0.519. The minimum atomic E-state index is -2.84. The van der Waals surface area contributed by atoms with Crippen molar-refractivity contribution in [3.8, 4) is 0 Å². The van der Waals surface area contributed by atoms with Gasteiger partial charge >= 0.3 is 5.97 Å². The van der Waals surface area contributed by atoms with Gasteiger partial charge in [-0.1, -0.05) is 233 Å². The molecule has 0 saturated heterocycles. The molecule has 0 aliphatic carbocycles. The molecule has 0 amide bonds. The highest BCUT2D eigenvalue weighted by molar-refractivity contribution is 6.99. The van der Waals surface area contributed by atoms with Gasteiger partial charge in [0.15, 0.2) is 0 Å². The third kappa shape index (κ3) is 16.6. The molecule has 0 aromatic heterocycles. The van der Waals surface area contributed by atoms with E-state index >= 15 is 0 Å². The third-order valence-electron chi connectivity index (χ3n) is 11.6. The van der Waals surface area contributed by atoms with Crippen LogP contribution in [-0.4, -0.2) is 52.0 Å². The summed E-state index contributed by atoms with van der Waals surface area (Å²) in [7, 11) is -2.84. The van der Waals surface area contributed by atoms with Gasteiger partial charge in [-0.3, -0.25) is 9.79 Å². The predicted molar refractivity (Wildman–Crippen MR) is 256 cm³/mol. The highest BCUT2D eigenvalue weighted by atomic mass is 28.4. The topological polar surface area (TPSA) is 57.1 Å². The molecule has 0 unspecified atom stereocenters. The maximum atomic E-state index is 13.1. The standard InChI is InChI=1S/C54H77NO4Si/c1-6-8-10-12-13-14-15-17-31-41-52(56)59-49(36-26-16-11-9-7-2)42-43-57-44-48(55-53(46-32-22-18-23-33-46)47-34-24-19-25-35-47)45-58-60(54(3,4)5,50-37-27-20-28-38-50)51-39-29-21-30-40-51/h18-25,27-30,32-35,37-40,48-49H,6-17,26,31,36,41-45H2,1-5H3/t48-,49-/m1/s1. The Hall–Kier alpha value is -3.84. The highest BCUT2D eigenvalue weighted by Gasteiger charge is 2.50. The van der Waals surface area contributed by atoms with Crippen molar-refractivity contribution in [3.63, 3.8) is 0 Å². The Labute approximate surface area is 365 Å². The minimum absolute atomic E-state index is 0.0620. The van der Waals surface area contributed by atoms with E-state index in [4.69, 9.17) is 18.9 Å². The van der Waals surface area contributed by atoms with Crippen LogP contribution < -0.4 is 10.4 Å². The van der Waals surface area contributed by atoms with Gasteiger partial charge < -0.3 is 13.9 Å². The van der Waals surface area contributed by atoms with Crippen LogP contribution in [0.2, 0.25) is 5.04 Å². The number of ether oxygens (including phenoxy) is 2. The van der Waals surface area contributed by atoms with Crippen LogP contribution in [0.1, 0.15) is 155 Å². The van der Waals surface area contributed by atoms with E-state index in [1.165, 1.54) is 81.0 Å². The lowest BCUT2D eigenvalue weighted by Crippen LogP contribution is -2.67. The number of hydrogen-bond donors (Lipinski definition) is 0. The zero-order valence-corrected chi connectivity index (χ0v) is 38.9. The number of esters is 1. The SMILES string of the molecule is CCCCCCCCCCCC(=O)O[C@H](CCCCCCC)CCOC[C@H](CO[Si](c1ccccc1)(c1ccccc1)C(C)(C)C)N=C(c1ccccc1)c1ccccc1. The van der Waals surface area contributed by atoms with Crippen LogP contribution in [0.25, 0.3) is 0 Å². The average molecular weight is 832 g/mol. The number of carbonyl (C=O) groups is 1. The van der Waals surface area contributed by atoms with Crippen molar-refractivity contribution in [3.05, 3.63) is 132 Å². The first-order valence-corrected chi connectivity index (χ1v) is 25.4. The quantitative estimate of drug-likeness (QED) is 0.0227. The van der Waals surface area contributed by atoms with Crippen molar-refractivity contribution in [1.82, 2.24) is 0 Å². The second-order valence-corrected chi connectivity index (χ2v) is 21.9. The zero-order valence-electron chi connectivity index (χ0n) is 37.9. The van der Waals surface area contributed by atoms with E-state index in [1.807, 2.05) is 12.1 Å². The molecule has 0 aliphatic rings. The summed E-state index contributed by atoms with van der Waals surface area (Å²) in [6, 6.07) is 42.2. The van der Waals surface area contributed by atoms with Crippen LogP contribution in [0.4, 0.5) is 0 Å². The molecule has 0 radical (unpaired) electrons. The Morgan fingerprint density at radius 3 is 1.50 bits per heavy atom. The summed E-state index contributed by atoms with van der Waals surface area (Å²) in [6.07, 6.45) is 18.9. The number of aliphatic imine (C=N–C) groups is 1. The van der Waals surface area contributed by atoms with Gasteiger partial charge in [-0.25, -0.2) is 0 Å². The minimum Gasteiger partial charge on any atom is -0.462 e. The molecule has 4 rings (SSSR count). The Balaban J connectivity index is 1.52. The van der Waals surface area contributed by atoms with Gasteiger partial charge in [0.05, 0.1) is 31.6 Å². The van der Waals surface area contributed by atoms with Crippen molar-refractivity contribution in [2.45, 2.75) is 161 Å². The zero-order chi connectivity index (χ0) is 42.7. The van der Waals surface area contributed by atoms with E-state index in [9.17, 15) is 4.79 Å². The average Bonchev–Trinajstić information content (AvgIpc) is 3.27. The van der Waals surface area contributed by atoms with Gasteiger partial charge in [0.25, 0.3) is 8.32 Å². The molecule has 6 heteroatoms. The second-order valence-electron chi connectivity index (χ2n) is 17.6. The van der Waals surface area contributed by atoms with Gasteiger partial charge in [0.2, 0.25) is 0 Å². The third-order valence-corrected chi connectivity index (χ3v) is 16.6. The highest BCUT2D eigenvalue weighted by Crippen LogP contribution is 2.37. The van der Waals surface area contributed by atoms with E-state index in [0.29, 0.717) is 32.7 Å². The Morgan fingerprint density at radius 1 is 0.567 bits per heavy atom. The van der Waals surface area contributed by atoms with Gasteiger partial charge in [0.1, 0.15) is 6.10 Å². The number of rotatable bonds is 30. The Kier molecular flexibility index (Phi) is 22.7. The fourth-order valence-corrected chi connectivity index (χ4v) is 12.9. The smallest absolute Gasteiger partial charge is 0.306 e. The van der Waals surface area contributed by atoms with E-state index < -0.39 is 8.32 Å². The second kappa shape index (κ2) is 27.9. The lowest BCUT2D eigenvalue weighted by Gasteiger charge is -2.43. The number of unbranched alkanes of at least 4 members (excludes halogenated alkanes) is 12. The number of benzene rings is 4. The van der Waals surface area contributed by atoms with E-state index in [0.717, 1.165) is 42.5 Å². The molecule has 0 aliphatic heterocycles. The molecule has 0 bridgehead atoms. The molecule has 0 spiro atoms. The molecule has 0 fully saturated rings. The van der Waals surface area contributed by atoms with E-state index in [1.54, 1.807) is 0 Å². The first kappa shape index (κ1) is 48.8. The predicted octanol–water partition coefficient (Wildman–Crippen LogP) is 13.1. The summed E-state index contributed by atoms with van der Waals surface area (Å²) >= 11 is 0. The molecule has 0 heterocycles. The molecule has 60 heavy (non-hydrogen) atoms.